The molecule has 2 aliphatic rings. The smallest absolute Gasteiger partial charge is 0.0686 e. The summed E-state index contributed by atoms with van der Waals surface area (Å²) in [5.41, 5.74) is 7.45. The number of rotatable bonds is 2. The van der Waals surface area contributed by atoms with E-state index in [0.29, 0.717) is 0 Å². The molecular weight excluding hydrogens is 364 g/mol. The van der Waals surface area contributed by atoms with Crippen molar-refractivity contribution >= 4 is 25.3 Å². The van der Waals surface area contributed by atoms with E-state index in [1.54, 1.807) is 16.3 Å². The molecule has 0 aliphatic heterocycles. The predicted octanol–water partition coefficient (Wildman–Crippen LogP) is 6.19. The van der Waals surface area contributed by atoms with Crippen LogP contribution in [0.1, 0.15) is 52.2 Å². The predicted molar refractivity (Wildman–Crippen MR) is 129 cm³/mol. The van der Waals surface area contributed by atoms with Crippen LogP contribution in [-0.2, 0) is 0 Å². The highest BCUT2D eigenvalue weighted by molar-refractivity contribution is 6.84. The summed E-state index contributed by atoms with van der Waals surface area (Å²) >= 11 is 0. The summed E-state index contributed by atoms with van der Waals surface area (Å²) in [5, 5.41) is 6.90. The Balaban J connectivity index is 2.11. The molecule has 0 aromatic heterocycles. The summed E-state index contributed by atoms with van der Waals surface area (Å²) in [6.07, 6.45) is 7.41. The molecular formula is C28H33Si. The third kappa shape index (κ3) is 3.40. The van der Waals surface area contributed by atoms with E-state index < -0.39 is 8.07 Å². The second-order valence-corrected chi connectivity index (χ2v) is 15.9. The second-order valence-electron chi connectivity index (χ2n) is 10.8. The maximum atomic E-state index is 3.79. The van der Waals surface area contributed by atoms with Crippen LogP contribution < -0.4 is 10.4 Å². The number of benzene rings is 2. The molecule has 2 aromatic carbocycles. The minimum Gasteiger partial charge on any atom is -0.0686 e. The number of hydrogen-bond acceptors (Lipinski definition) is 0. The van der Waals surface area contributed by atoms with Crippen LogP contribution in [0.4, 0.5) is 0 Å². The van der Waals surface area contributed by atoms with Crippen LogP contribution in [0.5, 0.6) is 0 Å². The van der Waals surface area contributed by atoms with E-state index in [9.17, 15) is 0 Å². The summed E-state index contributed by atoms with van der Waals surface area (Å²) in [6, 6.07) is 13.3. The van der Waals surface area contributed by atoms with Crippen molar-refractivity contribution in [3.8, 4) is 0 Å². The first-order valence-corrected chi connectivity index (χ1v) is 14.3. The maximum absolute atomic E-state index is 3.79. The molecule has 2 aromatic rings. The third-order valence-corrected chi connectivity index (χ3v) is 8.37. The van der Waals surface area contributed by atoms with E-state index in [4.69, 9.17) is 0 Å². The summed E-state index contributed by atoms with van der Waals surface area (Å²) in [5.74, 6) is 0. The fourth-order valence-corrected chi connectivity index (χ4v) is 6.35. The monoisotopic (exact) mass is 397 g/mol. The van der Waals surface area contributed by atoms with Crippen molar-refractivity contribution in [2.45, 2.75) is 60.7 Å². The number of fused-ring (bicyclic) bond motifs is 2. The average Bonchev–Trinajstić information content (AvgIpc) is 3.22. The quantitative estimate of drug-likeness (QED) is 0.452. The van der Waals surface area contributed by atoms with Crippen molar-refractivity contribution in [1.29, 1.82) is 0 Å². The van der Waals surface area contributed by atoms with Crippen molar-refractivity contribution in [3.05, 3.63) is 85.2 Å². The van der Waals surface area contributed by atoms with Gasteiger partial charge in [-0.15, -0.1) is 0 Å². The summed E-state index contributed by atoms with van der Waals surface area (Å²) in [7, 11) is -1.49. The van der Waals surface area contributed by atoms with Gasteiger partial charge in [-0.2, -0.15) is 0 Å². The highest BCUT2D eigenvalue weighted by Crippen LogP contribution is 2.44. The Labute approximate surface area is 176 Å². The highest BCUT2D eigenvalue weighted by Gasteiger charge is 2.32. The molecule has 0 spiro atoms. The van der Waals surface area contributed by atoms with Gasteiger partial charge in [0.15, 0.2) is 0 Å². The molecule has 29 heavy (non-hydrogen) atoms. The molecule has 4 rings (SSSR count). The van der Waals surface area contributed by atoms with Gasteiger partial charge in [-0.25, -0.2) is 0 Å². The van der Waals surface area contributed by atoms with E-state index in [2.05, 4.69) is 103 Å². The highest BCUT2D eigenvalue weighted by atomic mass is 28.3. The van der Waals surface area contributed by atoms with Gasteiger partial charge in [-0.1, -0.05) is 99.2 Å². The van der Waals surface area contributed by atoms with Crippen LogP contribution >= 0.6 is 0 Å². The van der Waals surface area contributed by atoms with Crippen molar-refractivity contribution in [3.63, 3.8) is 0 Å². The third-order valence-electron chi connectivity index (χ3n) is 6.30. The van der Waals surface area contributed by atoms with Gasteiger partial charge in [0.05, 0.1) is 8.07 Å². The van der Waals surface area contributed by atoms with Crippen molar-refractivity contribution in [2.24, 2.45) is 5.41 Å². The van der Waals surface area contributed by atoms with Gasteiger partial charge in [-0.3, -0.25) is 0 Å². The zero-order chi connectivity index (χ0) is 21.1. The Bertz CT molecular complexity index is 1280. The lowest BCUT2D eigenvalue weighted by Crippen LogP contribution is -2.24. The maximum Gasteiger partial charge on any atom is 0.0779 e. The first-order chi connectivity index (χ1) is 13.5. The molecule has 149 valence electrons. The average molecular weight is 398 g/mol. The van der Waals surface area contributed by atoms with Gasteiger partial charge >= 0.3 is 0 Å². The fourth-order valence-electron chi connectivity index (χ4n) is 4.62. The minimum atomic E-state index is -1.49. The van der Waals surface area contributed by atoms with Gasteiger partial charge in [0.1, 0.15) is 0 Å². The molecule has 0 amide bonds. The molecule has 0 saturated carbocycles. The molecule has 1 heteroatoms. The molecule has 0 heterocycles. The Kier molecular flexibility index (Phi) is 4.66. The fraction of sp³-hybridized carbons (Fsp3) is 0.357. The van der Waals surface area contributed by atoms with Crippen molar-refractivity contribution in [2.75, 3.05) is 0 Å². The van der Waals surface area contributed by atoms with E-state index in [1.807, 2.05) is 0 Å². The van der Waals surface area contributed by atoms with Crippen LogP contribution in [0.3, 0.4) is 0 Å². The summed E-state index contributed by atoms with van der Waals surface area (Å²) in [4.78, 5) is 0. The molecule has 1 radical (unpaired) electrons. The van der Waals surface area contributed by atoms with E-state index in [1.165, 1.54) is 37.6 Å². The standard InChI is InChI=1S/C28H33Si/c1-18(2)21-13-14-23-22-12-10-9-11-19(22)15-24(23)27(21)25-16-20(28(3,4)5)17-26(25)29(6,7)8/h9-14,17H,16H2,1-8H3. The normalized spacial score (nSPS) is 15.8. The zero-order valence-corrected chi connectivity index (χ0v) is 20.2. The molecule has 0 saturated heterocycles. The first-order valence-electron chi connectivity index (χ1n) is 10.8. The van der Waals surface area contributed by atoms with Gasteiger partial charge in [-0.05, 0) is 69.3 Å². The molecule has 0 N–H and O–H groups in total. The van der Waals surface area contributed by atoms with Crippen LogP contribution in [0.2, 0.25) is 19.6 Å². The largest absolute Gasteiger partial charge is 0.0779 e. The number of hydrogen-bond donors (Lipinski definition) is 0. The summed E-state index contributed by atoms with van der Waals surface area (Å²) < 4.78 is 0. The van der Waals surface area contributed by atoms with Crippen molar-refractivity contribution < 1.29 is 0 Å². The lowest BCUT2D eigenvalue weighted by atomic mass is 9.83. The van der Waals surface area contributed by atoms with Crippen LogP contribution in [0.15, 0.2) is 53.2 Å². The van der Waals surface area contributed by atoms with Gasteiger partial charge in [0.25, 0.3) is 0 Å². The zero-order valence-electron chi connectivity index (χ0n) is 19.2. The lowest BCUT2D eigenvalue weighted by Gasteiger charge is -2.22. The molecule has 0 fully saturated rings. The molecule has 2 aliphatic carbocycles. The second kappa shape index (κ2) is 6.70. The van der Waals surface area contributed by atoms with Crippen LogP contribution in [-0.4, -0.2) is 8.07 Å². The Morgan fingerprint density at radius 1 is 0.931 bits per heavy atom. The minimum absolute atomic E-state index is 0.201. The Hall–Kier alpha value is -2.12. The van der Waals surface area contributed by atoms with E-state index in [-0.39, 0.29) is 5.41 Å². The van der Waals surface area contributed by atoms with Gasteiger partial charge in [0, 0.05) is 0 Å². The first kappa shape index (κ1) is 20.2. The van der Waals surface area contributed by atoms with Crippen molar-refractivity contribution in [1.82, 2.24) is 0 Å². The van der Waals surface area contributed by atoms with Crippen LogP contribution in [0.25, 0.3) is 17.2 Å². The Morgan fingerprint density at radius 2 is 1.62 bits per heavy atom. The Morgan fingerprint density at radius 3 is 2.24 bits per heavy atom. The lowest BCUT2D eigenvalue weighted by molar-refractivity contribution is 0.497. The van der Waals surface area contributed by atoms with Crippen LogP contribution in [0, 0.1) is 15.9 Å². The SMILES string of the molecule is CC(C)=c1ccc2c(c1C1=C([Si](C)(C)C)C=C(C(C)(C)C)C1)[C]=c1ccccc1=2. The molecule has 0 atom stereocenters. The van der Waals surface area contributed by atoms with E-state index >= 15 is 0 Å². The van der Waals surface area contributed by atoms with E-state index in [0.717, 1.165) is 6.42 Å². The molecule has 0 nitrogen and oxygen atoms in total. The number of allylic oxidation sites excluding steroid dienone is 4. The molecule has 0 unspecified atom stereocenters. The topological polar surface area (TPSA) is 0 Å². The van der Waals surface area contributed by atoms with Gasteiger partial charge in [0.2, 0.25) is 0 Å². The summed E-state index contributed by atoms with van der Waals surface area (Å²) in [6.45, 7) is 19.0. The van der Waals surface area contributed by atoms with Gasteiger partial charge < -0.3 is 0 Å². The molecule has 0 bridgehead atoms.